The first-order chi connectivity index (χ1) is 22.0. The van der Waals surface area contributed by atoms with Crippen LogP contribution in [0.3, 0.4) is 0 Å². The number of nitrogens with one attached hydrogen (secondary N) is 2. The van der Waals surface area contributed by atoms with Crippen LogP contribution in [0.15, 0.2) is 22.7 Å². The Kier molecular flexibility index (Phi) is 13.3. The lowest BCUT2D eigenvalue weighted by molar-refractivity contribution is -0.0190. The number of carbonyl (C=O) groups is 2. The van der Waals surface area contributed by atoms with Crippen LogP contribution in [0.4, 0.5) is 16.2 Å². The fourth-order valence-corrected chi connectivity index (χ4v) is 6.59. The summed E-state index contributed by atoms with van der Waals surface area (Å²) in [6, 6.07) is 4.19. The van der Waals surface area contributed by atoms with E-state index in [9.17, 15) is 14.7 Å². The Morgan fingerprint density at radius 3 is 2.52 bits per heavy atom. The minimum Gasteiger partial charge on any atom is -0.490 e. The highest BCUT2D eigenvalue weighted by Crippen LogP contribution is 2.29. The molecule has 3 N–H and O–H groups in total. The van der Waals surface area contributed by atoms with Crippen LogP contribution in [0.5, 0.6) is 5.75 Å². The van der Waals surface area contributed by atoms with E-state index in [2.05, 4.69) is 34.7 Å². The van der Waals surface area contributed by atoms with Gasteiger partial charge in [-0.3, -0.25) is 4.79 Å². The maximum Gasteiger partial charge on any atom is 0.323 e. The number of ether oxygens (including phenoxy) is 2. The van der Waals surface area contributed by atoms with Gasteiger partial charge < -0.3 is 39.5 Å². The van der Waals surface area contributed by atoms with Crippen molar-refractivity contribution >= 4 is 23.3 Å². The summed E-state index contributed by atoms with van der Waals surface area (Å²) in [7, 11) is 2.18. The third-order valence-electron chi connectivity index (χ3n) is 9.37. The van der Waals surface area contributed by atoms with Gasteiger partial charge in [-0.25, -0.2) is 4.79 Å². The summed E-state index contributed by atoms with van der Waals surface area (Å²) < 4.78 is 18.0. The average Bonchev–Trinajstić information content (AvgIpc) is 3.34. The molecular formula is C35H55N5O6. The molecule has 46 heavy (non-hydrogen) atoms. The number of benzene rings is 1. The van der Waals surface area contributed by atoms with Gasteiger partial charge in [0.05, 0.1) is 30.4 Å². The lowest BCUT2D eigenvalue weighted by Gasteiger charge is -2.36. The summed E-state index contributed by atoms with van der Waals surface area (Å²) in [5.41, 5.74) is 1.84. The fourth-order valence-electron chi connectivity index (χ4n) is 6.59. The number of hydrogen-bond acceptors (Lipinski definition) is 8. The second kappa shape index (κ2) is 17.1. The average molecular weight is 642 g/mol. The second-order valence-electron chi connectivity index (χ2n) is 13.5. The van der Waals surface area contributed by atoms with Crippen LogP contribution in [0, 0.1) is 25.7 Å². The van der Waals surface area contributed by atoms with Gasteiger partial charge >= 0.3 is 6.03 Å². The van der Waals surface area contributed by atoms with Gasteiger partial charge in [0.1, 0.15) is 17.1 Å². The predicted octanol–water partition coefficient (Wildman–Crippen LogP) is 6.24. The van der Waals surface area contributed by atoms with E-state index in [4.69, 9.17) is 14.0 Å². The van der Waals surface area contributed by atoms with E-state index in [1.54, 1.807) is 36.9 Å². The van der Waals surface area contributed by atoms with Crippen LogP contribution in [0.25, 0.3) is 0 Å². The van der Waals surface area contributed by atoms with Crippen molar-refractivity contribution in [2.75, 3.05) is 50.5 Å². The zero-order valence-corrected chi connectivity index (χ0v) is 28.6. The van der Waals surface area contributed by atoms with Gasteiger partial charge in [-0.1, -0.05) is 31.3 Å². The van der Waals surface area contributed by atoms with Crippen molar-refractivity contribution in [3.05, 3.63) is 35.2 Å². The zero-order chi connectivity index (χ0) is 33.2. The minimum atomic E-state index is -0.483. The Labute approximate surface area is 274 Å². The molecule has 0 spiro atoms. The number of urea groups is 1. The van der Waals surface area contributed by atoms with Crippen molar-refractivity contribution in [2.24, 2.45) is 11.8 Å². The Bertz CT molecular complexity index is 1260. The molecule has 0 bridgehead atoms. The largest absolute Gasteiger partial charge is 0.490 e. The number of anilines is 2. The Hall–Kier alpha value is -3.15. The monoisotopic (exact) mass is 641 g/mol. The molecule has 256 valence electrons. The van der Waals surface area contributed by atoms with Crippen LogP contribution in [0.1, 0.15) is 93.9 Å². The number of likely N-dealkylation sites (N-methyl/N-ethyl adjacent to an activating group) is 1. The summed E-state index contributed by atoms with van der Waals surface area (Å²) in [6.45, 7) is 12.2. The van der Waals surface area contributed by atoms with Gasteiger partial charge in [0.2, 0.25) is 0 Å². The smallest absolute Gasteiger partial charge is 0.323 e. The number of carbonyl (C=O) groups excluding carboxylic acids is 2. The fraction of sp³-hybridized carbons (Fsp3) is 0.686. The number of rotatable bonds is 8. The molecule has 2 aromatic rings. The van der Waals surface area contributed by atoms with Gasteiger partial charge in [-0.2, -0.15) is 0 Å². The lowest BCUT2D eigenvalue weighted by atomic mass is 9.89. The first-order valence-corrected chi connectivity index (χ1v) is 17.1. The molecule has 11 nitrogen and oxygen atoms in total. The SMILES string of the molecule is Cc1noc(C)c1NC(=O)Nc1ccc2c(c1)C(=O)N([C@H](C)CO)C[C@H](C)[C@@H](CN(C)CC1CCCCC1)OCCCC[C@@H](C)O2. The van der Waals surface area contributed by atoms with E-state index in [0.29, 0.717) is 47.3 Å². The molecule has 3 amide bonds. The first-order valence-electron chi connectivity index (χ1n) is 17.1. The highest BCUT2D eigenvalue weighted by atomic mass is 16.5. The normalized spacial score (nSPS) is 22.9. The van der Waals surface area contributed by atoms with E-state index in [0.717, 1.165) is 38.3 Å². The van der Waals surface area contributed by atoms with Crippen LogP contribution in [-0.2, 0) is 4.74 Å². The van der Waals surface area contributed by atoms with Crippen LogP contribution >= 0.6 is 0 Å². The van der Waals surface area contributed by atoms with E-state index in [1.807, 2.05) is 13.8 Å². The Morgan fingerprint density at radius 2 is 1.83 bits per heavy atom. The first kappa shape index (κ1) is 35.7. The summed E-state index contributed by atoms with van der Waals surface area (Å²) in [6.07, 6.45) is 9.05. The van der Waals surface area contributed by atoms with E-state index >= 15 is 0 Å². The molecule has 1 aromatic carbocycles. The standard InChI is InChI=1S/C35H55N5O6/c1-23-19-40(24(2)22-41)34(42)30-18-29(36-35(43)37-33-26(4)38-46-27(33)5)15-16-31(30)45-25(3)12-10-11-17-44-32(23)21-39(6)20-28-13-8-7-9-14-28/h15-16,18,23-25,28,32,41H,7-14,17,19-22H2,1-6H3,(H2,36,37,43)/t23-,24+,25+,32+/m0/s1. The molecule has 1 aliphatic carbocycles. The maximum absolute atomic E-state index is 14.4. The highest BCUT2D eigenvalue weighted by molar-refractivity contribution is 6.03. The quantitative estimate of drug-likeness (QED) is 0.309. The summed E-state index contributed by atoms with van der Waals surface area (Å²) in [5.74, 6) is 1.43. The summed E-state index contributed by atoms with van der Waals surface area (Å²) >= 11 is 0. The topological polar surface area (TPSA) is 129 Å². The second-order valence-corrected chi connectivity index (χ2v) is 13.5. The number of fused-ring (bicyclic) bond motifs is 1. The predicted molar refractivity (Wildman–Crippen MR) is 180 cm³/mol. The van der Waals surface area contributed by atoms with Crippen molar-refractivity contribution in [1.82, 2.24) is 15.0 Å². The van der Waals surface area contributed by atoms with Gasteiger partial charge in [-0.05, 0) is 91.0 Å². The summed E-state index contributed by atoms with van der Waals surface area (Å²) in [5, 5.41) is 19.7. The van der Waals surface area contributed by atoms with Crippen molar-refractivity contribution in [1.29, 1.82) is 0 Å². The van der Waals surface area contributed by atoms with E-state index in [1.165, 1.54) is 32.1 Å². The number of nitrogens with zero attached hydrogens (tertiary/aromatic N) is 3. The number of aryl methyl sites for hydroxylation is 2. The molecule has 1 aliphatic heterocycles. The number of hydrogen-bond donors (Lipinski definition) is 3. The number of aliphatic hydroxyl groups is 1. The zero-order valence-electron chi connectivity index (χ0n) is 28.6. The third kappa shape index (κ3) is 9.92. The van der Waals surface area contributed by atoms with Gasteiger partial charge in [0.25, 0.3) is 5.91 Å². The van der Waals surface area contributed by atoms with E-state index < -0.39 is 12.1 Å². The molecule has 1 saturated carbocycles. The Balaban J connectivity index is 1.57. The molecule has 11 heteroatoms. The number of aliphatic hydroxyl groups excluding tert-OH is 1. The number of aromatic nitrogens is 1. The molecule has 1 fully saturated rings. The van der Waals surface area contributed by atoms with Crippen LogP contribution in [0.2, 0.25) is 0 Å². The molecule has 0 radical (unpaired) electrons. The van der Waals surface area contributed by atoms with Crippen LogP contribution < -0.4 is 15.4 Å². The van der Waals surface area contributed by atoms with Crippen molar-refractivity contribution in [3.8, 4) is 5.75 Å². The van der Waals surface area contributed by atoms with Crippen molar-refractivity contribution < 1.29 is 28.7 Å². The van der Waals surface area contributed by atoms with Gasteiger partial charge in [0, 0.05) is 37.8 Å². The van der Waals surface area contributed by atoms with E-state index in [-0.39, 0.29) is 30.6 Å². The van der Waals surface area contributed by atoms with Crippen molar-refractivity contribution in [3.63, 3.8) is 0 Å². The van der Waals surface area contributed by atoms with Crippen molar-refractivity contribution in [2.45, 2.75) is 104 Å². The minimum absolute atomic E-state index is 0.0140. The maximum atomic E-state index is 14.4. The van der Waals surface area contributed by atoms with Crippen LogP contribution in [-0.4, -0.2) is 90.1 Å². The molecule has 2 aliphatic rings. The number of amides is 3. The molecule has 0 saturated heterocycles. The molecule has 1 aromatic heterocycles. The molecule has 0 unspecified atom stereocenters. The Morgan fingerprint density at radius 1 is 1.09 bits per heavy atom. The lowest BCUT2D eigenvalue weighted by Crippen LogP contribution is -2.47. The van der Waals surface area contributed by atoms with Gasteiger partial charge in [0.15, 0.2) is 5.76 Å². The molecule has 4 rings (SSSR count). The molecule has 2 heterocycles. The molecular weight excluding hydrogens is 586 g/mol. The van der Waals surface area contributed by atoms with Gasteiger partial charge in [-0.15, -0.1) is 0 Å². The molecule has 4 atom stereocenters. The highest BCUT2D eigenvalue weighted by Gasteiger charge is 2.31. The summed E-state index contributed by atoms with van der Waals surface area (Å²) in [4.78, 5) is 31.4. The third-order valence-corrected chi connectivity index (χ3v) is 9.37.